The van der Waals surface area contributed by atoms with Crippen LogP contribution in [-0.2, 0) is 9.59 Å². The van der Waals surface area contributed by atoms with Crippen LogP contribution in [0.15, 0.2) is 0 Å². The number of nitrogens with two attached hydrogens (primary N) is 2. The van der Waals surface area contributed by atoms with Gasteiger partial charge in [0.1, 0.15) is 12.3 Å². The molecule has 3 bridgehead atoms. The van der Waals surface area contributed by atoms with Gasteiger partial charge in [-0.25, -0.2) is 8.78 Å². The smallest absolute Gasteiger partial charge is 0.237 e. The number of carbonyl (C=O) groups is 2. The van der Waals surface area contributed by atoms with Crippen molar-refractivity contribution in [3.8, 4) is 0 Å². The first kappa shape index (κ1) is 25.9. The van der Waals surface area contributed by atoms with E-state index >= 15 is 8.78 Å². The fraction of sp³-hybridized carbons (Fsp3) is 0.923. The number of nitrogens with one attached hydrogen (secondary N) is 2. The number of fused-ring (bicyclic) bond motifs is 3. The molecule has 11 heteroatoms. The summed E-state index contributed by atoms with van der Waals surface area (Å²) in [6, 6.07) is -1.41. The van der Waals surface area contributed by atoms with Crippen molar-refractivity contribution in [1.29, 1.82) is 0 Å². The normalized spacial score (nSPS) is 45.0. The standard InChI is InChI=1S/C26H43F2N7O2/c27-16-9-26-5-2-8-35(19(16)4-6-26)20(10-26)22(24(29)30)25(37)32-18-12-31-11-17(28)23(18)33-13-15-3-1-7-34(15)21(36)14-33/h15-20,22-24,31H,1-14,29-30H2,(H,32,37). The minimum atomic E-state index is -1.22. The van der Waals surface area contributed by atoms with E-state index in [2.05, 4.69) is 15.5 Å². The van der Waals surface area contributed by atoms with E-state index in [0.717, 1.165) is 58.0 Å². The molecule has 9 nitrogen and oxygen atoms in total. The number of piperidine rings is 1. The molecule has 6 N–H and O–H groups in total. The van der Waals surface area contributed by atoms with Crippen LogP contribution < -0.4 is 22.1 Å². The van der Waals surface area contributed by atoms with Crippen molar-refractivity contribution in [3.05, 3.63) is 0 Å². The molecule has 1 aliphatic carbocycles. The lowest BCUT2D eigenvalue weighted by atomic mass is 9.67. The van der Waals surface area contributed by atoms with Crippen LogP contribution in [0.25, 0.3) is 0 Å². The summed E-state index contributed by atoms with van der Waals surface area (Å²) in [7, 11) is 0. The second-order valence-corrected chi connectivity index (χ2v) is 12.6. The predicted octanol–water partition coefficient (Wildman–Crippen LogP) is -0.307. The van der Waals surface area contributed by atoms with Gasteiger partial charge in [-0.15, -0.1) is 0 Å². The third-order valence-electron chi connectivity index (χ3n) is 10.5. The van der Waals surface area contributed by atoms with E-state index in [1.165, 1.54) is 0 Å². The number of hydrogen-bond donors (Lipinski definition) is 4. The molecule has 2 amide bonds. The summed E-state index contributed by atoms with van der Waals surface area (Å²) in [5.74, 6) is -0.951. The van der Waals surface area contributed by atoms with Crippen molar-refractivity contribution < 1.29 is 18.4 Å². The maximum absolute atomic E-state index is 15.4. The van der Waals surface area contributed by atoms with Gasteiger partial charge in [-0.2, -0.15) is 0 Å². The summed E-state index contributed by atoms with van der Waals surface area (Å²) in [5.41, 5.74) is 12.5. The molecule has 0 aromatic carbocycles. The molecule has 10 atom stereocenters. The first-order chi connectivity index (χ1) is 17.8. The van der Waals surface area contributed by atoms with Crippen LogP contribution >= 0.6 is 0 Å². The fourth-order valence-corrected chi connectivity index (χ4v) is 8.84. The number of amides is 2. The molecule has 7 aliphatic rings. The van der Waals surface area contributed by atoms with Gasteiger partial charge in [-0.3, -0.25) is 19.4 Å². The Labute approximate surface area is 218 Å². The summed E-state index contributed by atoms with van der Waals surface area (Å²) >= 11 is 0. The molecule has 6 aliphatic heterocycles. The molecule has 0 radical (unpaired) electrons. The average Bonchev–Trinajstić information content (AvgIpc) is 3.12. The highest BCUT2D eigenvalue weighted by Crippen LogP contribution is 2.53. The van der Waals surface area contributed by atoms with E-state index in [-0.39, 0.29) is 48.4 Å². The molecule has 6 saturated heterocycles. The summed E-state index contributed by atoms with van der Waals surface area (Å²) < 4.78 is 30.6. The van der Waals surface area contributed by atoms with Gasteiger partial charge in [0.05, 0.1) is 30.7 Å². The second-order valence-electron chi connectivity index (χ2n) is 12.6. The first-order valence-corrected chi connectivity index (χ1v) is 14.4. The van der Waals surface area contributed by atoms with Gasteiger partial charge < -0.3 is 27.0 Å². The Hall–Kier alpha value is -1.40. The Kier molecular flexibility index (Phi) is 6.97. The van der Waals surface area contributed by atoms with E-state index in [9.17, 15) is 9.59 Å². The minimum Gasteiger partial charge on any atom is -0.350 e. The van der Waals surface area contributed by atoms with Gasteiger partial charge >= 0.3 is 0 Å². The molecule has 7 rings (SSSR count). The van der Waals surface area contributed by atoms with Crippen LogP contribution in [0.2, 0.25) is 0 Å². The number of rotatable bonds is 5. The summed E-state index contributed by atoms with van der Waals surface area (Å²) in [5, 5.41) is 6.23. The van der Waals surface area contributed by atoms with Crippen molar-refractivity contribution in [2.75, 3.05) is 39.3 Å². The number of halogens is 2. The van der Waals surface area contributed by atoms with Crippen LogP contribution in [0.3, 0.4) is 0 Å². The topological polar surface area (TPSA) is 120 Å². The molecule has 6 heterocycles. The molecule has 1 spiro atoms. The molecule has 0 aromatic heterocycles. The summed E-state index contributed by atoms with van der Waals surface area (Å²) in [6.07, 6.45) is 3.94. The zero-order valence-electron chi connectivity index (χ0n) is 21.7. The minimum absolute atomic E-state index is 0.0421. The van der Waals surface area contributed by atoms with E-state index in [4.69, 9.17) is 11.5 Å². The largest absolute Gasteiger partial charge is 0.350 e. The molecule has 10 unspecified atom stereocenters. The van der Waals surface area contributed by atoms with E-state index in [1.807, 2.05) is 9.80 Å². The Bertz CT molecular complexity index is 891. The monoisotopic (exact) mass is 523 g/mol. The van der Waals surface area contributed by atoms with Gasteiger partial charge in [-0.05, 0) is 63.3 Å². The number of nitrogens with zero attached hydrogens (tertiary/aromatic N) is 3. The lowest BCUT2D eigenvalue weighted by Gasteiger charge is -2.47. The van der Waals surface area contributed by atoms with Crippen molar-refractivity contribution in [2.24, 2.45) is 22.8 Å². The molecular weight excluding hydrogens is 480 g/mol. The predicted molar refractivity (Wildman–Crippen MR) is 135 cm³/mol. The highest BCUT2D eigenvalue weighted by molar-refractivity contribution is 5.81. The van der Waals surface area contributed by atoms with Crippen molar-refractivity contribution in [2.45, 2.75) is 100 Å². The zero-order valence-corrected chi connectivity index (χ0v) is 21.7. The van der Waals surface area contributed by atoms with Crippen molar-refractivity contribution in [1.82, 2.24) is 25.3 Å². The quantitative estimate of drug-likeness (QED) is 0.365. The van der Waals surface area contributed by atoms with Crippen LogP contribution in [-0.4, -0.2) is 115 Å². The number of piperazine rings is 1. The number of alkyl halides is 2. The van der Waals surface area contributed by atoms with E-state index in [1.54, 1.807) is 0 Å². The molecule has 1 saturated carbocycles. The Balaban J connectivity index is 1.22. The molecule has 0 aromatic rings. The van der Waals surface area contributed by atoms with E-state index in [0.29, 0.717) is 19.5 Å². The van der Waals surface area contributed by atoms with Crippen molar-refractivity contribution in [3.63, 3.8) is 0 Å². The molecule has 208 valence electrons. The van der Waals surface area contributed by atoms with Gasteiger partial charge in [0.25, 0.3) is 0 Å². The summed E-state index contributed by atoms with van der Waals surface area (Å²) in [4.78, 5) is 32.8. The summed E-state index contributed by atoms with van der Waals surface area (Å²) in [6.45, 7) is 2.93. The lowest BCUT2D eigenvalue weighted by Crippen LogP contribution is -2.70. The van der Waals surface area contributed by atoms with Crippen LogP contribution in [0.1, 0.15) is 51.4 Å². The lowest BCUT2D eigenvalue weighted by molar-refractivity contribution is -0.140. The fourth-order valence-electron chi connectivity index (χ4n) is 8.84. The highest BCUT2D eigenvalue weighted by atomic mass is 19.1. The zero-order chi connectivity index (χ0) is 25.9. The van der Waals surface area contributed by atoms with E-state index < -0.39 is 36.5 Å². The van der Waals surface area contributed by atoms with Crippen LogP contribution in [0, 0.1) is 11.3 Å². The molecule has 7 fully saturated rings. The first-order valence-electron chi connectivity index (χ1n) is 14.4. The SMILES string of the molecule is NC(N)C(C(=O)NC1CNCC(F)C1N1CC(=O)N2CCCC2C1)C1CC23CCCN1C(CC2)C(F)C3. The van der Waals surface area contributed by atoms with Gasteiger partial charge in [0.15, 0.2) is 0 Å². The number of carbonyl (C=O) groups excluding carboxylic acids is 2. The average molecular weight is 524 g/mol. The Morgan fingerprint density at radius 3 is 2.70 bits per heavy atom. The van der Waals surface area contributed by atoms with Crippen LogP contribution in [0.5, 0.6) is 0 Å². The highest BCUT2D eigenvalue weighted by Gasteiger charge is 2.55. The Morgan fingerprint density at radius 1 is 1.08 bits per heavy atom. The third kappa shape index (κ3) is 4.58. The van der Waals surface area contributed by atoms with Gasteiger partial charge in [0.2, 0.25) is 11.8 Å². The molecular formula is C26H43F2N7O2. The maximum Gasteiger partial charge on any atom is 0.237 e. The molecule has 37 heavy (non-hydrogen) atoms. The van der Waals surface area contributed by atoms with Crippen LogP contribution in [0.4, 0.5) is 8.78 Å². The van der Waals surface area contributed by atoms with Gasteiger partial charge in [-0.1, -0.05) is 0 Å². The van der Waals surface area contributed by atoms with Gasteiger partial charge in [0, 0.05) is 44.3 Å². The Morgan fingerprint density at radius 2 is 1.92 bits per heavy atom. The van der Waals surface area contributed by atoms with Crippen molar-refractivity contribution >= 4 is 11.8 Å². The second kappa shape index (κ2) is 9.97. The maximum atomic E-state index is 15.4. The number of hydrogen-bond acceptors (Lipinski definition) is 7. The third-order valence-corrected chi connectivity index (χ3v) is 10.5.